The van der Waals surface area contributed by atoms with E-state index in [0.717, 1.165) is 0 Å². The summed E-state index contributed by atoms with van der Waals surface area (Å²) in [6, 6.07) is 0. The van der Waals surface area contributed by atoms with Crippen LogP contribution in [-0.4, -0.2) is 15.9 Å². The van der Waals surface area contributed by atoms with Crippen LogP contribution < -0.4 is 5.73 Å². The molecule has 1 aromatic rings. The Labute approximate surface area is 45.7 Å². The number of nitrogens with one attached hydrogen (secondary N) is 1. The second kappa shape index (κ2) is 1.65. The summed E-state index contributed by atoms with van der Waals surface area (Å²) in [5, 5.41) is 0. The van der Waals surface area contributed by atoms with Crippen molar-refractivity contribution in [1.29, 1.82) is 0 Å². The number of H-pyrrole nitrogens is 1. The van der Waals surface area contributed by atoms with E-state index in [1.807, 2.05) is 0 Å². The maximum absolute atomic E-state index is 10.2. The normalized spacial score (nSPS) is 9.00. The molecular weight excluding hydrogens is 106 g/mol. The minimum atomic E-state index is -0.539. The average molecular weight is 110 g/mol. The molecule has 0 fully saturated rings. The van der Waals surface area contributed by atoms with E-state index < -0.39 is 5.91 Å². The van der Waals surface area contributed by atoms with Crippen LogP contribution in [0.15, 0.2) is 6.20 Å². The van der Waals surface area contributed by atoms with Gasteiger partial charge in [-0.2, -0.15) is 0 Å². The van der Waals surface area contributed by atoms with E-state index >= 15 is 0 Å². The van der Waals surface area contributed by atoms with E-state index in [4.69, 9.17) is 5.73 Å². The van der Waals surface area contributed by atoms with Crippen molar-refractivity contribution in [2.24, 2.45) is 5.73 Å². The SMILES string of the molecule is NC(=O)c1c[nH][c]n1. The zero-order valence-electron chi connectivity index (χ0n) is 4.01. The van der Waals surface area contributed by atoms with Crippen LogP contribution in [0.5, 0.6) is 0 Å². The Morgan fingerprint density at radius 1 is 2.00 bits per heavy atom. The molecule has 0 aliphatic heterocycles. The molecule has 1 rings (SSSR count). The molecule has 1 radical (unpaired) electrons. The zero-order chi connectivity index (χ0) is 5.98. The lowest BCUT2D eigenvalue weighted by Crippen LogP contribution is -2.10. The highest BCUT2D eigenvalue weighted by Crippen LogP contribution is 1.84. The molecule has 41 valence electrons. The summed E-state index contributed by atoms with van der Waals surface area (Å²) < 4.78 is 0. The summed E-state index contributed by atoms with van der Waals surface area (Å²) in [5.41, 5.74) is 5.03. The third-order valence-corrected chi connectivity index (χ3v) is 0.702. The zero-order valence-corrected chi connectivity index (χ0v) is 4.01. The predicted octanol–water partition coefficient (Wildman–Crippen LogP) is -0.691. The van der Waals surface area contributed by atoms with Crippen molar-refractivity contribution >= 4 is 5.91 Å². The van der Waals surface area contributed by atoms with Gasteiger partial charge in [-0.1, -0.05) is 0 Å². The topological polar surface area (TPSA) is 71.8 Å². The number of nitrogens with two attached hydrogens (primary N) is 1. The van der Waals surface area contributed by atoms with Gasteiger partial charge in [0.2, 0.25) is 0 Å². The molecule has 1 aromatic heterocycles. The number of nitrogens with zero attached hydrogens (tertiary/aromatic N) is 1. The number of amides is 1. The van der Waals surface area contributed by atoms with E-state index in [9.17, 15) is 4.79 Å². The van der Waals surface area contributed by atoms with Crippen LogP contribution >= 0.6 is 0 Å². The first-order valence-corrected chi connectivity index (χ1v) is 2.02. The summed E-state index contributed by atoms with van der Waals surface area (Å²) in [5.74, 6) is -0.539. The van der Waals surface area contributed by atoms with E-state index in [1.54, 1.807) is 0 Å². The number of hydrogen-bond acceptors (Lipinski definition) is 2. The van der Waals surface area contributed by atoms with Gasteiger partial charge in [-0.05, 0) is 0 Å². The summed E-state index contributed by atoms with van der Waals surface area (Å²) in [6.07, 6.45) is 3.73. The Morgan fingerprint density at radius 3 is 3.00 bits per heavy atom. The summed E-state index contributed by atoms with van der Waals surface area (Å²) in [6.45, 7) is 0. The fraction of sp³-hybridized carbons (Fsp3) is 0. The number of hydrogen-bond donors (Lipinski definition) is 2. The molecule has 3 N–H and O–H groups in total. The van der Waals surface area contributed by atoms with Crippen LogP contribution in [0.3, 0.4) is 0 Å². The molecular formula is C4H4N3O. The van der Waals surface area contributed by atoms with Gasteiger partial charge in [-0.25, -0.2) is 4.98 Å². The number of carbonyl (C=O) groups is 1. The second-order valence-electron chi connectivity index (χ2n) is 1.26. The summed E-state index contributed by atoms with van der Waals surface area (Å²) in [4.78, 5) is 16.1. The summed E-state index contributed by atoms with van der Waals surface area (Å²) >= 11 is 0. The van der Waals surface area contributed by atoms with Crippen LogP contribution in [0, 0.1) is 6.33 Å². The van der Waals surface area contributed by atoms with Crippen molar-refractivity contribution in [2.45, 2.75) is 0 Å². The number of carbonyl (C=O) groups excluding carboxylic acids is 1. The van der Waals surface area contributed by atoms with Gasteiger partial charge in [0.15, 0.2) is 6.33 Å². The number of primary amides is 1. The van der Waals surface area contributed by atoms with Crippen molar-refractivity contribution < 1.29 is 4.79 Å². The minimum absolute atomic E-state index is 0.213. The Balaban J connectivity index is 2.93. The first-order chi connectivity index (χ1) is 3.80. The van der Waals surface area contributed by atoms with Crippen LogP contribution in [-0.2, 0) is 0 Å². The lowest BCUT2D eigenvalue weighted by Gasteiger charge is -1.78. The molecule has 0 spiro atoms. The van der Waals surface area contributed by atoms with E-state index in [-0.39, 0.29) is 5.69 Å². The molecule has 0 aromatic carbocycles. The highest BCUT2D eigenvalue weighted by Gasteiger charge is 1.98. The first-order valence-electron chi connectivity index (χ1n) is 2.02. The number of imidazole rings is 1. The van der Waals surface area contributed by atoms with Gasteiger partial charge in [0.05, 0.1) is 0 Å². The van der Waals surface area contributed by atoms with Crippen molar-refractivity contribution in [1.82, 2.24) is 9.97 Å². The molecule has 0 bridgehead atoms. The highest BCUT2D eigenvalue weighted by molar-refractivity contribution is 5.90. The van der Waals surface area contributed by atoms with Crippen LogP contribution in [0.1, 0.15) is 10.5 Å². The Bertz CT molecular complexity index is 179. The van der Waals surface area contributed by atoms with Gasteiger partial charge in [-0.3, -0.25) is 4.79 Å². The molecule has 0 atom stereocenters. The molecule has 1 heterocycles. The molecule has 4 nitrogen and oxygen atoms in total. The van der Waals surface area contributed by atoms with Crippen LogP contribution in [0.4, 0.5) is 0 Å². The fourth-order valence-corrected chi connectivity index (χ4v) is 0.352. The average Bonchev–Trinajstić information content (AvgIpc) is 2.12. The van der Waals surface area contributed by atoms with Crippen molar-refractivity contribution in [3.63, 3.8) is 0 Å². The molecule has 0 aliphatic rings. The molecule has 8 heavy (non-hydrogen) atoms. The van der Waals surface area contributed by atoms with E-state index in [2.05, 4.69) is 16.3 Å². The van der Waals surface area contributed by atoms with Gasteiger partial charge in [0, 0.05) is 6.20 Å². The minimum Gasteiger partial charge on any atom is -0.364 e. The molecule has 0 saturated heterocycles. The van der Waals surface area contributed by atoms with Crippen molar-refractivity contribution in [3.8, 4) is 0 Å². The van der Waals surface area contributed by atoms with Crippen molar-refractivity contribution in [2.75, 3.05) is 0 Å². The predicted molar refractivity (Wildman–Crippen MR) is 25.9 cm³/mol. The van der Waals surface area contributed by atoms with E-state index in [1.165, 1.54) is 6.20 Å². The Kier molecular flexibility index (Phi) is 0.997. The van der Waals surface area contributed by atoms with Gasteiger partial charge < -0.3 is 10.7 Å². The highest BCUT2D eigenvalue weighted by atomic mass is 16.1. The molecule has 4 heteroatoms. The van der Waals surface area contributed by atoms with E-state index in [0.29, 0.717) is 0 Å². The maximum atomic E-state index is 10.2. The van der Waals surface area contributed by atoms with Crippen LogP contribution in [0.2, 0.25) is 0 Å². The number of aromatic amines is 1. The fourth-order valence-electron chi connectivity index (χ4n) is 0.352. The third kappa shape index (κ3) is 0.676. The Hall–Kier alpha value is -1.32. The largest absolute Gasteiger partial charge is 0.364 e. The van der Waals surface area contributed by atoms with Crippen molar-refractivity contribution in [3.05, 3.63) is 18.2 Å². The number of rotatable bonds is 1. The second-order valence-corrected chi connectivity index (χ2v) is 1.26. The smallest absolute Gasteiger partial charge is 0.268 e. The number of aromatic nitrogens is 2. The monoisotopic (exact) mass is 110 g/mol. The van der Waals surface area contributed by atoms with Gasteiger partial charge in [0.1, 0.15) is 5.69 Å². The summed E-state index contributed by atoms with van der Waals surface area (Å²) in [7, 11) is 0. The molecule has 0 unspecified atom stereocenters. The van der Waals surface area contributed by atoms with Crippen LogP contribution in [0.25, 0.3) is 0 Å². The lowest BCUT2D eigenvalue weighted by atomic mass is 10.5. The third-order valence-electron chi connectivity index (χ3n) is 0.702. The molecule has 1 amide bonds. The molecule has 0 aliphatic carbocycles. The standard InChI is InChI=1S/C4H4N3O/c5-4(8)3-1-6-2-7-3/h1H,(H2,5,8)(H,6,7). The quantitative estimate of drug-likeness (QED) is 0.502. The first kappa shape index (κ1) is 4.83. The van der Waals surface area contributed by atoms with Gasteiger partial charge >= 0.3 is 0 Å². The lowest BCUT2D eigenvalue weighted by molar-refractivity contribution is 0.0996. The Morgan fingerprint density at radius 2 is 2.75 bits per heavy atom. The molecule has 0 saturated carbocycles. The maximum Gasteiger partial charge on any atom is 0.268 e. The van der Waals surface area contributed by atoms with Gasteiger partial charge in [0.25, 0.3) is 5.91 Å². The van der Waals surface area contributed by atoms with Gasteiger partial charge in [-0.15, -0.1) is 0 Å².